The lowest BCUT2D eigenvalue weighted by Gasteiger charge is -2.19. The Hall–Kier alpha value is -2.12. The first kappa shape index (κ1) is 16.1. The summed E-state index contributed by atoms with van der Waals surface area (Å²) >= 11 is 1.45. The van der Waals surface area contributed by atoms with Gasteiger partial charge in [0.25, 0.3) is 5.91 Å². The second-order valence-electron chi connectivity index (χ2n) is 7.15. The number of amides is 1. The van der Waals surface area contributed by atoms with Crippen molar-refractivity contribution in [3.05, 3.63) is 29.3 Å². The van der Waals surface area contributed by atoms with Gasteiger partial charge in [-0.2, -0.15) is 0 Å². The van der Waals surface area contributed by atoms with E-state index in [9.17, 15) is 4.79 Å². The van der Waals surface area contributed by atoms with Gasteiger partial charge < -0.3 is 19.7 Å². The molecule has 0 unspecified atom stereocenters. The highest BCUT2D eigenvalue weighted by Gasteiger charge is 2.32. The molecule has 3 aliphatic heterocycles. The van der Waals surface area contributed by atoms with Crippen LogP contribution in [0.25, 0.3) is 10.6 Å². The predicted octanol–water partition coefficient (Wildman–Crippen LogP) is 2.61. The summed E-state index contributed by atoms with van der Waals surface area (Å²) in [7, 11) is 0. The number of ether oxygens (including phenoxy) is 2. The van der Waals surface area contributed by atoms with Gasteiger partial charge in [-0.25, -0.2) is 4.98 Å². The van der Waals surface area contributed by atoms with E-state index < -0.39 is 0 Å². The van der Waals surface area contributed by atoms with E-state index in [0.29, 0.717) is 4.88 Å². The van der Waals surface area contributed by atoms with Gasteiger partial charge in [-0.1, -0.05) is 0 Å². The van der Waals surface area contributed by atoms with E-state index in [1.165, 1.54) is 11.3 Å². The van der Waals surface area contributed by atoms with Crippen LogP contribution >= 0.6 is 11.3 Å². The Morgan fingerprint density at radius 2 is 1.92 bits per heavy atom. The highest BCUT2D eigenvalue weighted by Crippen LogP contribution is 2.37. The van der Waals surface area contributed by atoms with Crippen LogP contribution < -0.4 is 14.8 Å². The van der Waals surface area contributed by atoms with Crippen molar-refractivity contribution in [2.75, 3.05) is 33.0 Å². The molecule has 136 valence electrons. The molecular formula is C19H21N3O3S. The van der Waals surface area contributed by atoms with E-state index in [0.717, 1.165) is 72.9 Å². The molecule has 7 heteroatoms. The van der Waals surface area contributed by atoms with Crippen molar-refractivity contribution in [3.8, 4) is 22.1 Å². The van der Waals surface area contributed by atoms with Crippen molar-refractivity contribution in [1.29, 1.82) is 0 Å². The lowest BCUT2D eigenvalue weighted by molar-refractivity contribution is 0.0763. The molecule has 5 rings (SSSR count). The Morgan fingerprint density at radius 3 is 2.73 bits per heavy atom. The monoisotopic (exact) mass is 371 g/mol. The van der Waals surface area contributed by atoms with E-state index in [-0.39, 0.29) is 12.7 Å². The maximum atomic E-state index is 12.9. The number of aromatic nitrogens is 1. The molecule has 1 N–H and O–H groups in total. The number of likely N-dealkylation sites (tertiary alicyclic amines) is 1. The number of hydrogen-bond acceptors (Lipinski definition) is 6. The summed E-state index contributed by atoms with van der Waals surface area (Å²) < 4.78 is 10.8. The van der Waals surface area contributed by atoms with Gasteiger partial charge in [0, 0.05) is 18.7 Å². The average molecular weight is 371 g/mol. The number of nitrogens with one attached hydrogen (secondary N) is 1. The smallest absolute Gasteiger partial charge is 0.265 e. The molecular weight excluding hydrogens is 350 g/mol. The summed E-state index contributed by atoms with van der Waals surface area (Å²) in [6.45, 7) is 4.15. The number of nitrogens with zero attached hydrogens (tertiary/aromatic N) is 2. The molecule has 4 heterocycles. The van der Waals surface area contributed by atoms with Crippen LogP contribution in [0, 0.1) is 11.8 Å². The van der Waals surface area contributed by atoms with Crippen LogP contribution in [0.3, 0.4) is 0 Å². The third kappa shape index (κ3) is 2.85. The lowest BCUT2D eigenvalue weighted by Crippen LogP contribution is -2.32. The second-order valence-corrected chi connectivity index (χ2v) is 8.18. The average Bonchev–Trinajstić information content (AvgIpc) is 3.39. The zero-order valence-electron chi connectivity index (χ0n) is 14.4. The van der Waals surface area contributed by atoms with Crippen LogP contribution in [0.1, 0.15) is 22.5 Å². The van der Waals surface area contributed by atoms with Crippen molar-refractivity contribution in [2.24, 2.45) is 11.8 Å². The third-order valence-corrected chi connectivity index (χ3v) is 6.68. The maximum Gasteiger partial charge on any atom is 0.265 e. The van der Waals surface area contributed by atoms with Crippen molar-refractivity contribution in [2.45, 2.75) is 12.8 Å². The summed E-state index contributed by atoms with van der Waals surface area (Å²) in [6, 6.07) is 5.78. The van der Waals surface area contributed by atoms with Gasteiger partial charge >= 0.3 is 0 Å². The molecule has 0 radical (unpaired) electrons. The molecule has 2 atom stereocenters. The second kappa shape index (κ2) is 6.55. The minimum atomic E-state index is 0.113. The van der Waals surface area contributed by atoms with Gasteiger partial charge in [-0.3, -0.25) is 4.79 Å². The number of hydrogen-bond donors (Lipinski definition) is 1. The lowest BCUT2D eigenvalue weighted by atomic mass is 9.92. The molecule has 26 heavy (non-hydrogen) atoms. The largest absolute Gasteiger partial charge is 0.454 e. The molecule has 0 saturated carbocycles. The summed E-state index contributed by atoms with van der Waals surface area (Å²) in [5, 5.41) is 4.31. The van der Waals surface area contributed by atoms with Crippen LogP contribution in [-0.2, 0) is 0 Å². The molecule has 1 aromatic carbocycles. The fourth-order valence-corrected chi connectivity index (χ4v) is 4.99. The summed E-state index contributed by atoms with van der Waals surface area (Å²) in [6.07, 6.45) is 3.90. The summed E-state index contributed by atoms with van der Waals surface area (Å²) in [4.78, 5) is 20.1. The molecule has 6 nitrogen and oxygen atoms in total. The predicted molar refractivity (Wildman–Crippen MR) is 98.7 cm³/mol. The fraction of sp³-hybridized carbons (Fsp3) is 0.474. The number of carbonyl (C=O) groups is 1. The zero-order chi connectivity index (χ0) is 17.5. The molecule has 0 bridgehead atoms. The number of thiazole rings is 1. The van der Waals surface area contributed by atoms with E-state index in [4.69, 9.17) is 9.47 Å². The Kier molecular flexibility index (Phi) is 4.05. The minimum absolute atomic E-state index is 0.113. The molecule has 3 aliphatic rings. The normalized spacial score (nSPS) is 24.4. The van der Waals surface area contributed by atoms with Crippen molar-refractivity contribution in [1.82, 2.24) is 15.2 Å². The van der Waals surface area contributed by atoms with Crippen LogP contribution in [0.2, 0.25) is 0 Å². The highest BCUT2D eigenvalue weighted by molar-refractivity contribution is 7.16. The van der Waals surface area contributed by atoms with Gasteiger partial charge in [0.05, 0.1) is 6.20 Å². The Bertz CT molecular complexity index is 823. The molecule has 2 aromatic rings. The third-order valence-electron chi connectivity index (χ3n) is 5.64. The van der Waals surface area contributed by atoms with Gasteiger partial charge in [-0.05, 0) is 56.0 Å². The van der Waals surface area contributed by atoms with Crippen molar-refractivity contribution >= 4 is 17.2 Å². The number of carbonyl (C=O) groups excluding carboxylic acids is 1. The standard InChI is InChI=1S/C19H21N3O3S/c23-19(22-5-3-13-8-20-9-14(13)4-6-22)17-10-21-18(26-17)12-1-2-15-16(7-12)25-11-24-15/h1-2,7,10,13-14,20H,3-6,8-9,11H2/t13-,14+. The first-order valence-electron chi connectivity index (χ1n) is 9.14. The Morgan fingerprint density at radius 1 is 1.15 bits per heavy atom. The Balaban J connectivity index is 1.32. The van der Waals surface area contributed by atoms with Crippen LogP contribution in [0.5, 0.6) is 11.5 Å². The van der Waals surface area contributed by atoms with E-state index >= 15 is 0 Å². The van der Waals surface area contributed by atoms with E-state index in [2.05, 4.69) is 10.3 Å². The zero-order valence-corrected chi connectivity index (χ0v) is 15.3. The van der Waals surface area contributed by atoms with Crippen LogP contribution in [-0.4, -0.2) is 48.8 Å². The van der Waals surface area contributed by atoms with Crippen LogP contribution in [0.15, 0.2) is 24.4 Å². The van der Waals surface area contributed by atoms with Gasteiger partial charge in [-0.15, -0.1) is 11.3 Å². The molecule has 0 spiro atoms. The minimum Gasteiger partial charge on any atom is -0.454 e. The van der Waals surface area contributed by atoms with Gasteiger partial charge in [0.2, 0.25) is 6.79 Å². The molecule has 1 amide bonds. The Labute approximate surface area is 156 Å². The SMILES string of the molecule is O=C(c1cnc(-c2ccc3c(c2)OCO3)s1)N1CC[C@@H]2CNC[C@@H]2CC1. The maximum absolute atomic E-state index is 12.9. The molecule has 0 aliphatic carbocycles. The number of fused-ring (bicyclic) bond motifs is 2. The summed E-state index contributed by atoms with van der Waals surface area (Å²) in [5.41, 5.74) is 0.953. The van der Waals surface area contributed by atoms with E-state index in [1.54, 1.807) is 6.20 Å². The molecule has 2 fully saturated rings. The highest BCUT2D eigenvalue weighted by atomic mass is 32.1. The van der Waals surface area contributed by atoms with Crippen molar-refractivity contribution < 1.29 is 14.3 Å². The fourth-order valence-electron chi connectivity index (χ4n) is 4.11. The quantitative estimate of drug-likeness (QED) is 0.879. The molecule has 2 saturated heterocycles. The number of rotatable bonds is 2. The van der Waals surface area contributed by atoms with Gasteiger partial charge in [0.15, 0.2) is 11.5 Å². The van der Waals surface area contributed by atoms with E-state index in [1.807, 2.05) is 23.1 Å². The number of benzene rings is 1. The topological polar surface area (TPSA) is 63.7 Å². The van der Waals surface area contributed by atoms with Gasteiger partial charge in [0.1, 0.15) is 9.88 Å². The first-order valence-corrected chi connectivity index (χ1v) is 9.95. The molecule has 1 aromatic heterocycles. The first-order chi connectivity index (χ1) is 12.8. The van der Waals surface area contributed by atoms with Crippen molar-refractivity contribution in [3.63, 3.8) is 0 Å². The van der Waals surface area contributed by atoms with Crippen LogP contribution in [0.4, 0.5) is 0 Å². The summed E-state index contributed by atoms with van der Waals surface area (Å²) in [5.74, 6) is 3.05.